The van der Waals surface area contributed by atoms with E-state index in [1.807, 2.05) is 0 Å². The van der Waals surface area contributed by atoms with Gasteiger partial charge in [0, 0.05) is 5.02 Å². The maximum Gasteiger partial charge on any atom is 0.178 e. The van der Waals surface area contributed by atoms with Gasteiger partial charge in [-0.3, -0.25) is 4.79 Å². The third-order valence-corrected chi connectivity index (χ3v) is 2.87. The Hall–Kier alpha value is -1.06. The maximum absolute atomic E-state index is 12.0. The molecule has 2 rings (SSSR count). The van der Waals surface area contributed by atoms with E-state index in [2.05, 4.69) is 0 Å². The van der Waals surface area contributed by atoms with Crippen molar-refractivity contribution in [1.82, 2.24) is 0 Å². The van der Waals surface area contributed by atoms with E-state index in [1.54, 1.807) is 25.1 Å². The van der Waals surface area contributed by atoms with E-state index in [9.17, 15) is 9.90 Å². The zero-order valence-electron chi connectivity index (χ0n) is 8.29. The van der Waals surface area contributed by atoms with Crippen molar-refractivity contribution in [3.8, 4) is 5.75 Å². The number of Topliss-reactive ketones (excluding diaryl/α,β-unsaturated/α-hetero) is 1. The van der Waals surface area contributed by atoms with Crippen molar-refractivity contribution in [1.29, 1.82) is 0 Å². The van der Waals surface area contributed by atoms with E-state index in [0.717, 1.165) is 0 Å². The van der Waals surface area contributed by atoms with Gasteiger partial charge in [-0.2, -0.15) is 0 Å². The van der Waals surface area contributed by atoms with E-state index in [4.69, 9.17) is 16.3 Å². The van der Waals surface area contributed by atoms with Gasteiger partial charge in [-0.15, -0.1) is 0 Å². The molecule has 0 saturated carbocycles. The first-order valence-corrected chi connectivity index (χ1v) is 5.03. The maximum atomic E-state index is 12.0. The lowest BCUT2D eigenvalue weighted by Gasteiger charge is -2.31. The van der Waals surface area contributed by atoms with Crippen LogP contribution in [-0.4, -0.2) is 24.1 Å². The number of rotatable bonds is 1. The highest BCUT2D eigenvalue weighted by Crippen LogP contribution is 2.35. The molecule has 1 aliphatic heterocycles. The molecule has 3 nitrogen and oxygen atoms in total. The van der Waals surface area contributed by atoms with E-state index in [0.29, 0.717) is 16.3 Å². The third-order valence-electron chi connectivity index (χ3n) is 2.63. The van der Waals surface area contributed by atoms with Crippen molar-refractivity contribution in [2.45, 2.75) is 6.92 Å². The Morgan fingerprint density at radius 2 is 2.33 bits per heavy atom. The van der Waals surface area contributed by atoms with Crippen molar-refractivity contribution in [3.63, 3.8) is 0 Å². The Labute approximate surface area is 92.6 Å². The Bertz CT molecular complexity index is 416. The number of carbonyl (C=O) groups is 1. The molecule has 0 aliphatic carbocycles. The molecule has 0 aromatic heterocycles. The van der Waals surface area contributed by atoms with Gasteiger partial charge >= 0.3 is 0 Å². The van der Waals surface area contributed by atoms with E-state index < -0.39 is 5.41 Å². The zero-order valence-corrected chi connectivity index (χ0v) is 9.04. The lowest BCUT2D eigenvalue weighted by molar-refractivity contribution is 0.0454. The number of halogens is 1. The molecule has 4 heteroatoms. The highest BCUT2D eigenvalue weighted by molar-refractivity contribution is 6.31. The SMILES string of the molecule is C[C@@]1(CO)COc2cc(Cl)ccc2C1=O. The van der Waals surface area contributed by atoms with Gasteiger partial charge in [0.2, 0.25) is 0 Å². The number of benzene rings is 1. The predicted octanol–water partition coefficient (Wildman–Crippen LogP) is 1.91. The van der Waals surface area contributed by atoms with Crippen LogP contribution >= 0.6 is 11.6 Å². The first-order chi connectivity index (χ1) is 7.07. The Kier molecular flexibility index (Phi) is 2.44. The van der Waals surface area contributed by atoms with Crippen LogP contribution in [0.2, 0.25) is 5.02 Å². The summed E-state index contributed by atoms with van der Waals surface area (Å²) in [7, 11) is 0. The summed E-state index contributed by atoms with van der Waals surface area (Å²) in [5.74, 6) is 0.404. The summed E-state index contributed by atoms with van der Waals surface area (Å²) < 4.78 is 5.42. The second-order valence-electron chi connectivity index (χ2n) is 3.98. The molecule has 0 amide bonds. The molecule has 0 fully saturated rings. The number of ether oxygens (including phenoxy) is 1. The van der Waals surface area contributed by atoms with Crippen LogP contribution in [0.4, 0.5) is 0 Å². The van der Waals surface area contributed by atoms with E-state index in [-0.39, 0.29) is 19.0 Å². The minimum absolute atomic E-state index is 0.0945. The normalized spacial score (nSPS) is 24.6. The Balaban J connectivity index is 2.47. The predicted molar refractivity (Wildman–Crippen MR) is 56.5 cm³/mol. The number of fused-ring (bicyclic) bond motifs is 1. The number of carbonyl (C=O) groups excluding carboxylic acids is 1. The molecule has 80 valence electrons. The number of hydrogen-bond donors (Lipinski definition) is 1. The standard InChI is InChI=1S/C11H11ClO3/c1-11(5-13)6-15-9-4-7(12)2-3-8(9)10(11)14/h2-4,13H,5-6H2,1H3/t11-/m1/s1. The highest BCUT2D eigenvalue weighted by atomic mass is 35.5. The van der Waals surface area contributed by atoms with Crippen LogP contribution < -0.4 is 4.74 Å². The molecule has 1 heterocycles. The summed E-state index contributed by atoms with van der Waals surface area (Å²) in [4.78, 5) is 12.0. The Morgan fingerprint density at radius 1 is 1.60 bits per heavy atom. The van der Waals surface area contributed by atoms with Crippen LogP contribution in [-0.2, 0) is 0 Å². The molecule has 1 aromatic rings. The third kappa shape index (κ3) is 1.62. The summed E-state index contributed by atoms with van der Waals surface area (Å²) in [5.41, 5.74) is -0.344. The fourth-order valence-electron chi connectivity index (χ4n) is 1.55. The summed E-state index contributed by atoms with van der Waals surface area (Å²) in [5, 5.41) is 9.71. The molecule has 0 bridgehead atoms. The van der Waals surface area contributed by atoms with Crippen molar-refractivity contribution in [2.24, 2.45) is 5.41 Å². The Morgan fingerprint density at radius 3 is 3.00 bits per heavy atom. The minimum atomic E-state index is -0.833. The summed E-state index contributed by atoms with van der Waals surface area (Å²) in [6.45, 7) is 1.66. The van der Waals surface area contributed by atoms with Gasteiger partial charge in [0.1, 0.15) is 12.4 Å². The largest absolute Gasteiger partial charge is 0.492 e. The van der Waals surface area contributed by atoms with Crippen molar-refractivity contribution in [2.75, 3.05) is 13.2 Å². The van der Waals surface area contributed by atoms with Crippen molar-refractivity contribution < 1.29 is 14.6 Å². The molecular formula is C11H11ClO3. The minimum Gasteiger partial charge on any atom is -0.492 e. The van der Waals surface area contributed by atoms with Crippen LogP contribution in [0, 0.1) is 5.41 Å². The molecule has 0 radical (unpaired) electrons. The van der Waals surface area contributed by atoms with Crippen molar-refractivity contribution >= 4 is 17.4 Å². The molecule has 1 N–H and O–H groups in total. The molecule has 1 aromatic carbocycles. The van der Waals surface area contributed by atoms with Gasteiger partial charge < -0.3 is 9.84 Å². The summed E-state index contributed by atoms with van der Waals surface area (Å²) in [6, 6.07) is 4.89. The zero-order chi connectivity index (χ0) is 11.1. The van der Waals surface area contributed by atoms with Crippen LogP contribution in [0.3, 0.4) is 0 Å². The summed E-state index contributed by atoms with van der Waals surface area (Å²) >= 11 is 5.79. The van der Waals surface area contributed by atoms with Crippen LogP contribution in [0.25, 0.3) is 0 Å². The molecule has 0 spiro atoms. The van der Waals surface area contributed by atoms with Gasteiger partial charge in [-0.1, -0.05) is 11.6 Å². The quantitative estimate of drug-likeness (QED) is 0.796. The van der Waals surface area contributed by atoms with Gasteiger partial charge in [-0.05, 0) is 25.1 Å². The molecule has 0 saturated heterocycles. The smallest absolute Gasteiger partial charge is 0.178 e. The number of hydrogen-bond acceptors (Lipinski definition) is 3. The van der Waals surface area contributed by atoms with E-state index in [1.165, 1.54) is 0 Å². The monoisotopic (exact) mass is 226 g/mol. The fourth-order valence-corrected chi connectivity index (χ4v) is 1.71. The lowest BCUT2D eigenvalue weighted by atomic mass is 9.82. The second-order valence-corrected chi connectivity index (χ2v) is 4.41. The summed E-state index contributed by atoms with van der Waals surface area (Å²) in [6.07, 6.45) is 0. The van der Waals surface area contributed by atoms with Gasteiger partial charge in [0.25, 0.3) is 0 Å². The molecule has 1 atom stereocenters. The molecule has 15 heavy (non-hydrogen) atoms. The van der Waals surface area contributed by atoms with Crippen LogP contribution in [0.5, 0.6) is 5.75 Å². The molecular weight excluding hydrogens is 216 g/mol. The average molecular weight is 227 g/mol. The van der Waals surface area contributed by atoms with Gasteiger partial charge in [0.05, 0.1) is 17.6 Å². The first kappa shape index (κ1) is 10.5. The molecule has 1 aliphatic rings. The van der Waals surface area contributed by atoms with Crippen LogP contribution in [0.1, 0.15) is 17.3 Å². The van der Waals surface area contributed by atoms with Gasteiger partial charge in [0.15, 0.2) is 5.78 Å². The number of aliphatic hydroxyl groups excluding tert-OH is 1. The lowest BCUT2D eigenvalue weighted by Crippen LogP contribution is -2.41. The van der Waals surface area contributed by atoms with Gasteiger partial charge in [-0.25, -0.2) is 0 Å². The average Bonchev–Trinajstić information content (AvgIpc) is 2.24. The second kappa shape index (κ2) is 3.51. The molecule has 0 unspecified atom stereocenters. The number of ketones is 1. The van der Waals surface area contributed by atoms with Crippen molar-refractivity contribution in [3.05, 3.63) is 28.8 Å². The van der Waals surface area contributed by atoms with E-state index >= 15 is 0 Å². The topological polar surface area (TPSA) is 46.5 Å². The van der Waals surface area contributed by atoms with Crippen LogP contribution in [0.15, 0.2) is 18.2 Å². The highest BCUT2D eigenvalue weighted by Gasteiger charge is 2.39. The fraction of sp³-hybridized carbons (Fsp3) is 0.364. The number of aliphatic hydroxyl groups is 1. The first-order valence-electron chi connectivity index (χ1n) is 4.65.